The van der Waals surface area contributed by atoms with Crippen molar-refractivity contribution in [1.29, 1.82) is 0 Å². The highest BCUT2D eigenvalue weighted by Gasteiger charge is 2.87. The normalized spacial score (nSPS) is 34.2. The average molecular weight is 425 g/mol. The van der Waals surface area contributed by atoms with Crippen molar-refractivity contribution in [3.8, 4) is 0 Å². The summed E-state index contributed by atoms with van der Waals surface area (Å²) in [6.45, 7) is 1.81. The lowest BCUT2D eigenvalue weighted by atomic mass is 9.74. The van der Waals surface area contributed by atoms with E-state index in [1.165, 1.54) is 0 Å². The first kappa shape index (κ1) is 19.5. The van der Waals surface area contributed by atoms with E-state index in [9.17, 15) is 27.5 Å². The molecule has 1 aromatic heterocycles. The Kier molecular flexibility index (Phi) is 3.78. The topological polar surface area (TPSA) is 76.4 Å². The van der Waals surface area contributed by atoms with Crippen LogP contribution in [0.25, 0.3) is 0 Å². The zero-order chi connectivity index (χ0) is 21.6. The lowest BCUT2D eigenvalue weighted by Crippen LogP contribution is -2.44. The fourth-order valence-corrected chi connectivity index (χ4v) is 5.60. The van der Waals surface area contributed by atoms with Gasteiger partial charge in [-0.2, -0.15) is 18.3 Å². The Balaban J connectivity index is 1.49. The van der Waals surface area contributed by atoms with Gasteiger partial charge in [-0.05, 0) is 31.5 Å². The Labute approximate surface area is 168 Å². The van der Waals surface area contributed by atoms with Crippen LogP contribution in [0.5, 0.6) is 0 Å². The Bertz CT molecular complexity index is 1070. The lowest BCUT2D eigenvalue weighted by molar-refractivity contribution is -0.140. The third-order valence-electron chi connectivity index (χ3n) is 6.81. The Morgan fingerprint density at radius 1 is 1.40 bits per heavy atom. The van der Waals surface area contributed by atoms with Gasteiger partial charge in [0.2, 0.25) is 5.91 Å². The molecule has 0 spiro atoms. The quantitative estimate of drug-likeness (QED) is 0.742. The molecule has 2 bridgehead atoms. The van der Waals surface area contributed by atoms with E-state index in [2.05, 4.69) is 10.4 Å². The minimum Gasteiger partial charge on any atom is -0.390 e. The van der Waals surface area contributed by atoms with Gasteiger partial charge in [0.1, 0.15) is 5.82 Å². The van der Waals surface area contributed by atoms with Crippen molar-refractivity contribution < 1.29 is 32.2 Å². The molecule has 3 fully saturated rings. The van der Waals surface area contributed by atoms with Crippen molar-refractivity contribution in [2.75, 3.05) is 5.32 Å². The molecule has 10 heteroatoms. The number of hydrogen-bond acceptors (Lipinski definition) is 4. The highest BCUT2D eigenvalue weighted by molar-refractivity contribution is 6.01. The number of halogens is 4. The molecular weight excluding hydrogens is 406 g/mol. The average Bonchev–Trinajstić information content (AvgIpc) is 2.85. The van der Waals surface area contributed by atoms with E-state index >= 15 is 0 Å². The van der Waals surface area contributed by atoms with Gasteiger partial charge in [0.15, 0.2) is 0 Å². The molecule has 5 rings (SSSR count). The maximum absolute atomic E-state index is 13.9. The number of benzene rings is 1. The molecule has 3 heterocycles. The van der Waals surface area contributed by atoms with Gasteiger partial charge in [-0.25, -0.2) is 4.39 Å². The number of fused-ring (bicyclic) bond motifs is 5. The van der Waals surface area contributed by atoms with Crippen molar-refractivity contribution in [2.45, 2.75) is 49.7 Å². The molecule has 160 valence electrons. The molecule has 0 radical (unpaired) electrons. The standard InChI is InChI=1S/C20H19F4N3O3/c1-9-12(7-27(2)26-9)18-8-19(18,15-6-14(28)16(18)30-15)17(29)25-10-3-4-11(13(21)5-10)20(22,23)24/h3-5,7,14-16,28H,6,8H2,1-2H3,(H,25,29)/t14-,15+,16-,18+,19+/m0/s1. The van der Waals surface area contributed by atoms with Crippen LogP contribution in [0.2, 0.25) is 0 Å². The second-order valence-corrected chi connectivity index (χ2v) is 8.42. The van der Waals surface area contributed by atoms with Crippen LogP contribution in [-0.2, 0) is 28.2 Å². The van der Waals surface area contributed by atoms with Crippen LogP contribution in [0.3, 0.4) is 0 Å². The fourth-order valence-electron chi connectivity index (χ4n) is 5.60. The smallest absolute Gasteiger partial charge is 0.390 e. The van der Waals surface area contributed by atoms with Crippen molar-refractivity contribution >= 4 is 11.6 Å². The molecule has 1 saturated carbocycles. The van der Waals surface area contributed by atoms with Crippen molar-refractivity contribution in [3.05, 3.63) is 47.0 Å². The van der Waals surface area contributed by atoms with E-state index < -0.39 is 52.6 Å². The van der Waals surface area contributed by atoms with Crippen molar-refractivity contribution in [3.63, 3.8) is 0 Å². The molecule has 30 heavy (non-hydrogen) atoms. The van der Waals surface area contributed by atoms with Gasteiger partial charge in [0.05, 0.1) is 35.0 Å². The number of hydrogen-bond donors (Lipinski definition) is 2. The molecule has 0 unspecified atom stereocenters. The van der Waals surface area contributed by atoms with Crippen LogP contribution in [0.4, 0.5) is 23.2 Å². The lowest BCUT2D eigenvalue weighted by Gasteiger charge is -2.29. The third kappa shape index (κ3) is 2.31. The third-order valence-corrected chi connectivity index (χ3v) is 6.81. The van der Waals surface area contributed by atoms with Gasteiger partial charge in [0, 0.05) is 36.3 Å². The number of carbonyl (C=O) groups excluding carboxylic acids is 1. The van der Waals surface area contributed by atoms with Crippen LogP contribution in [0, 0.1) is 18.2 Å². The van der Waals surface area contributed by atoms with Crippen molar-refractivity contribution in [2.24, 2.45) is 12.5 Å². The summed E-state index contributed by atoms with van der Waals surface area (Å²) in [6, 6.07) is 2.30. The van der Waals surface area contributed by atoms with Crippen LogP contribution >= 0.6 is 0 Å². The molecule has 1 aliphatic carbocycles. The number of carbonyl (C=O) groups is 1. The molecular formula is C20H19F4N3O3. The largest absolute Gasteiger partial charge is 0.419 e. The number of rotatable bonds is 3. The minimum atomic E-state index is -4.82. The predicted molar refractivity (Wildman–Crippen MR) is 96.0 cm³/mol. The van der Waals surface area contributed by atoms with E-state index in [1.807, 2.05) is 6.92 Å². The number of anilines is 1. The van der Waals surface area contributed by atoms with E-state index in [0.717, 1.165) is 17.3 Å². The first-order valence-electron chi connectivity index (χ1n) is 9.53. The maximum Gasteiger partial charge on any atom is 0.419 e. The van der Waals surface area contributed by atoms with Gasteiger partial charge in [0.25, 0.3) is 0 Å². The molecule has 3 aliphatic rings. The second kappa shape index (κ2) is 5.82. The van der Waals surface area contributed by atoms with Gasteiger partial charge >= 0.3 is 6.18 Å². The van der Waals surface area contributed by atoms with Crippen LogP contribution < -0.4 is 5.32 Å². The number of amides is 1. The summed E-state index contributed by atoms with van der Waals surface area (Å²) >= 11 is 0. The van der Waals surface area contributed by atoms with E-state index in [4.69, 9.17) is 4.74 Å². The molecule has 2 aliphatic heterocycles. The van der Waals surface area contributed by atoms with Crippen LogP contribution in [0.15, 0.2) is 24.4 Å². The first-order chi connectivity index (χ1) is 14.0. The highest BCUT2D eigenvalue weighted by atomic mass is 19.4. The zero-order valence-corrected chi connectivity index (χ0v) is 16.1. The number of aliphatic hydroxyl groups is 1. The highest BCUT2D eigenvalue weighted by Crippen LogP contribution is 2.78. The molecule has 1 amide bonds. The molecule has 2 aromatic rings. The maximum atomic E-state index is 13.9. The van der Waals surface area contributed by atoms with Crippen LogP contribution in [0.1, 0.15) is 29.7 Å². The monoisotopic (exact) mass is 425 g/mol. The predicted octanol–water partition coefficient (Wildman–Crippen LogP) is 2.69. The Morgan fingerprint density at radius 3 is 2.73 bits per heavy atom. The molecule has 2 saturated heterocycles. The number of alkyl halides is 3. The summed E-state index contributed by atoms with van der Waals surface area (Å²) in [7, 11) is 1.76. The van der Waals surface area contributed by atoms with Gasteiger partial charge in [-0.1, -0.05) is 0 Å². The summed E-state index contributed by atoms with van der Waals surface area (Å²) in [5, 5.41) is 17.3. The Morgan fingerprint density at radius 2 is 2.13 bits per heavy atom. The zero-order valence-electron chi connectivity index (χ0n) is 16.1. The molecule has 2 N–H and O–H groups in total. The summed E-state index contributed by atoms with van der Waals surface area (Å²) in [5.41, 5.74) is -1.67. The first-order valence-corrected chi connectivity index (χ1v) is 9.53. The number of aliphatic hydroxyl groups excluding tert-OH is 1. The molecule has 6 nitrogen and oxygen atoms in total. The summed E-state index contributed by atoms with van der Waals surface area (Å²) in [6.07, 6.45) is -4.12. The van der Waals surface area contributed by atoms with E-state index in [0.29, 0.717) is 25.0 Å². The van der Waals surface area contributed by atoms with E-state index in [-0.39, 0.29) is 5.69 Å². The molecule has 5 atom stereocenters. The minimum absolute atomic E-state index is 0.0631. The number of nitrogens with zero attached hydrogens (tertiary/aromatic N) is 2. The summed E-state index contributed by atoms with van der Waals surface area (Å²) in [4.78, 5) is 13.3. The second-order valence-electron chi connectivity index (χ2n) is 8.42. The summed E-state index contributed by atoms with van der Waals surface area (Å²) < 4.78 is 59.9. The molecule has 1 aromatic carbocycles. The van der Waals surface area contributed by atoms with Crippen molar-refractivity contribution in [1.82, 2.24) is 9.78 Å². The van der Waals surface area contributed by atoms with Crippen LogP contribution in [-0.4, -0.2) is 39.1 Å². The number of aromatic nitrogens is 2. The SMILES string of the molecule is Cc1nn(C)cc1[C@@]12C[C@]1(C(=O)Nc1ccc(C(F)(F)F)c(F)c1)[C@H]1C[C@H](O)[C@@H]2O1. The van der Waals surface area contributed by atoms with Gasteiger partial charge < -0.3 is 15.2 Å². The van der Waals surface area contributed by atoms with E-state index in [1.54, 1.807) is 17.9 Å². The van der Waals surface area contributed by atoms with Gasteiger partial charge in [-0.3, -0.25) is 9.48 Å². The number of aryl methyl sites for hydroxylation is 2. The number of ether oxygens (including phenoxy) is 1. The fraction of sp³-hybridized carbons (Fsp3) is 0.500. The summed E-state index contributed by atoms with van der Waals surface area (Å²) in [5.74, 6) is -1.91. The Hall–Kier alpha value is -2.46. The van der Waals surface area contributed by atoms with Gasteiger partial charge in [-0.15, -0.1) is 0 Å². The number of nitrogens with one attached hydrogen (secondary N) is 1.